The molecule has 0 aromatic heterocycles. The fourth-order valence-electron chi connectivity index (χ4n) is 11.3. The lowest BCUT2D eigenvalue weighted by molar-refractivity contribution is -0.156. The molecule has 30 heavy (non-hydrogen) atoms. The topological polar surface area (TPSA) is 0 Å². The molecule has 0 aromatic carbocycles. The first-order valence-electron chi connectivity index (χ1n) is 13.6. The molecule has 0 bridgehead atoms. The monoisotopic (exact) mass is 410 g/mol. The summed E-state index contributed by atoms with van der Waals surface area (Å²) >= 11 is 0. The number of hydrogen-bond donors (Lipinski definition) is 0. The molecule has 0 unspecified atom stereocenters. The molecule has 0 amide bonds. The summed E-state index contributed by atoms with van der Waals surface area (Å²) in [7, 11) is 0. The van der Waals surface area contributed by atoms with Crippen LogP contribution in [0.25, 0.3) is 0 Å². The lowest BCUT2D eigenvalue weighted by Gasteiger charge is -2.69. The molecular formula is C30H50. The fraction of sp³-hybridized carbons (Fsp3) is 0.933. The fourth-order valence-corrected chi connectivity index (χ4v) is 11.3. The van der Waals surface area contributed by atoms with E-state index in [4.69, 9.17) is 0 Å². The highest BCUT2D eigenvalue weighted by molar-refractivity contribution is 5.32. The molecule has 0 aromatic rings. The molecule has 5 rings (SSSR count). The van der Waals surface area contributed by atoms with E-state index in [0.29, 0.717) is 27.1 Å². The normalized spacial score (nSPS) is 54.6. The van der Waals surface area contributed by atoms with E-state index in [2.05, 4.69) is 61.5 Å². The van der Waals surface area contributed by atoms with Gasteiger partial charge in [-0.15, -0.1) is 0 Å². The minimum Gasteiger partial charge on any atom is -0.0839 e. The van der Waals surface area contributed by atoms with Crippen LogP contribution in [0.1, 0.15) is 120 Å². The zero-order chi connectivity index (χ0) is 21.7. The van der Waals surface area contributed by atoms with Gasteiger partial charge in [0.1, 0.15) is 0 Å². The Hall–Kier alpha value is -0.260. The van der Waals surface area contributed by atoms with Crippen LogP contribution in [0.3, 0.4) is 0 Å². The average Bonchev–Trinajstić information content (AvgIpc) is 3.01. The minimum atomic E-state index is 0.478. The number of allylic oxidation sites excluding steroid dienone is 2. The van der Waals surface area contributed by atoms with E-state index >= 15 is 0 Å². The van der Waals surface area contributed by atoms with Gasteiger partial charge in [0.15, 0.2) is 0 Å². The van der Waals surface area contributed by atoms with Gasteiger partial charge in [-0.05, 0) is 114 Å². The van der Waals surface area contributed by atoms with Crippen molar-refractivity contribution in [2.24, 2.45) is 56.7 Å². The molecule has 0 spiro atoms. The van der Waals surface area contributed by atoms with E-state index in [1.807, 2.05) is 5.57 Å². The second kappa shape index (κ2) is 6.41. The molecular weight excluding hydrogens is 360 g/mol. The molecule has 0 heterocycles. The lowest BCUT2D eigenvalue weighted by atomic mass is 9.36. The first-order chi connectivity index (χ1) is 13.9. The summed E-state index contributed by atoms with van der Waals surface area (Å²) in [5, 5.41) is 0. The van der Waals surface area contributed by atoms with Crippen molar-refractivity contribution in [2.75, 3.05) is 0 Å². The van der Waals surface area contributed by atoms with E-state index in [9.17, 15) is 0 Å². The van der Waals surface area contributed by atoms with Crippen LogP contribution in [0.15, 0.2) is 11.6 Å². The van der Waals surface area contributed by atoms with Gasteiger partial charge in [-0.2, -0.15) is 0 Å². The molecule has 0 heteroatoms. The quantitative estimate of drug-likeness (QED) is 0.378. The summed E-state index contributed by atoms with van der Waals surface area (Å²) in [5.41, 5.74) is 4.55. The number of hydrogen-bond acceptors (Lipinski definition) is 0. The largest absolute Gasteiger partial charge is 0.0839 e. The van der Waals surface area contributed by atoms with E-state index in [1.165, 1.54) is 64.2 Å². The van der Waals surface area contributed by atoms with Crippen LogP contribution in [0.4, 0.5) is 0 Å². The Morgan fingerprint density at radius 3 is 2.17 bits per heavy atom. The Balaban J connectivity index is 1.56. The molecule has 0 nitrogen and oxygen atoms in total. The van der Waals surface area contributed by atoms with Crippen molar-refractivity contribution in [3.63, 3.8) is 0 Å². The first kappa shape index (κ1) is 21.6. The van der Waals surface area contributed by atoms with E-state index in [-0.39, 0.29) is 0 Å². The molecule has 0 radical (unpaired) electrons. The average molecular weight is 411 g/mol. The molecule has 0 aliphatic heterocycles. The molecule has 170 valence electrons. The van der Waals surface area contributed by atoms with Crippen LogP contribution in [0.5, 0.6) is 0 Å². The van der Waals surface area contributed by atoms with Crippen molar-refractivity contribution >= 4 is 0 Å². The maximum absolute atomic E-state index is 2.86. The third-order valence-electron chi connectivity index (χ3n) is 13.0. The van der Waals surface area contributed by atoms with Gasteiger partial charge < -0.3 is 0 Å². The second-order valence-corrected chi connectivity index (χ2v) is 14.6. The molecule has 0 N–H and O–H groups in total. The molecule has 4 fully saturated rings. The van der Waals surface area contributed by atoms with Crippen LogP contribution in [-0.2, 0) is 0 Å². The van der Waals surface area contributed by atoms with Crippen LogP contribution >= 0.6 is 0 Å². The summed E-state index contributed by atoms with van der Waals surface area (Å²) in [6, 6.07) is 0. The summed E-state index contributed by atoms with van der Waals surface area (Å²) < 4.78 is 0. The van der Waals surface area contributed by atoms with Crippen molar-refractivity contribution in [3.8, 4) is 0 Å². The van der Waals surface area contributed by atoms with Crippen LogP contribution in [0, 0.1) is 56.7 Å². The molecule has 4 saturated carbocycles. The Bertz CT molecular complexity index is 741. The van der Waals surface area contributed by atoms with E-state index in [0.717, 1.165) is 29.6 Å². The zero-order valence-electron chi connectivity index (χ0n) is 21.5. The molecule has 5 aliphatic carbocycles. The summed E-state index contributed by atoms with van der Waals surface area (Å²) in [4.78, 5) is 0. The molecule has 5 aliphatic rings. The van der Waals surface area contributed by atoms with Crippen molar-refractivity contribution in [3.05, 3.63) is 11.6 Å². The predicted molar refractivity (Wildman–Crippen MR) is 129 cm³/mol. The maximum Gasteiger partial charge on any atom is -0.00801 e. The summed E-state index contributed by atoms with van der Waals surface area (Å²) in [5.74, 6) is 4.49. The van der Waals surface area contributed by atoms with Crippen molar-refractivity contribution in [2.45, 2.75) is 120 Å². The van der Waals surface area contributed by atoms with E-state index < -0.39 is 0 Å². The van der Waals surface area contributed by atoms with Crippen molar-refractivity contribution in [1.82, 2.24) is 0 Å². The summed E-state index contributed by atoms with van der Waals surface area (Å²) in [6.45, 7) is 21.1. The Kier molecular flexibility index (Phi) is 4.61. The highest BCUT2D eigenvalue weighted by Crippen LogP contribution is 2.76. The van der Waals surface area contributed by atoms with Gasteiger partial charge in [0.05, 0.1) is 0 Å². The van der Waals surface area contributed by atoms with Crippen molar-refractivity contribution < 1.29 is 0 Å². The maximum atomic E-state index is 2.86. The summed E-state index contributed by atoms with van der Waals surface area (Å²) in [6.07, 6.45) is 17.4. The van der Waals surface area contributed by atoms with E-state index in [1.54, 1.807) is 0 Å². The Labute approximate surface area is 188 Å². The standard InChI is InChI=1S/C30H50/c1-20(2)21-10-13-25-28(21,6)18-19-29(7)23-11-12-24-26(3,4)15-9-16-27(24,5)22(23)14-17-30(25,29)8/h14,20-21,23-25H,9-13,15-19H2,1-8H3/t21-,23-,24-,25+,27+,28+,29+,30-/m0/s1. The smallest absolute Gasteiger partial charge is 0.00801 e. The minimum absolute atomic E-state index is 0.478. The van der Waals surface area contributed by atoms with Gasteiger partial charge in [0, 0.05) is 0 Å². The van der Waals surface area contributed by atoms with Gasteiger partial charge in [0.2, 0.25) is 0 Å². The third-order valence-corrected chi connectivity index (χ3v) is 13.0. The zero-order valence-corrected chi connectivity index (χ0v) is 21.5. The SMILES string of the molecule is CC(C)[C@@H]1CC[C@@H]2[C@]1(C)CC[C@]1(C)[C@H]3CC[C@H]4C(C)(C)CCC[C@]4(C)C3=CC[C@@]21C. The molecule has 0 saturated heterocycles. The van der Waals surface area contributed by atoms with Gasteiger partial charge in [-0.25, -0.2) is 0 Å². The Morgan fingerprint density at radius 1 is 0.767 bits per heavy atom. The van der Waals surface area contributed by atoms with Crippen LogP contribution < -0.4 is 0 Å². The van der Waals surface area contributed by atoms with Gasteiger partial charge >= 0.3 is 0 Å². The van der Waals surface area contributed by atoms with Gasteiger partial charge in [-0.1, -0.05) is 73.5 Å². The van der Waals surface area contributed by atoms with Crippen LogP contribution in [-0.4, -0.2) is 0 Å². The Morgan fingerprint density at radius 2 is 1.47 bits per heavy atom. The highest BCUT2D eigenvalue weighted by Gasteiger charge is 2.67. The predicted octanol–water partition coefficient (Wildman–Crippen LogP) is 9.05. The lowest BCUT2D eigenvalue weighted by Crippen LogP contribution is -2.61. The molecule has 8 atom stereocenters. The number of fused-ring (bicyclic) bond motifs is 7. The van der Waals surface area contributed by atoms with Crippen LogP contribution in [0.2, 0.25) is 0 Å². The first-order valence-corrected chi connectivity index (χ1v) is 13.6. The number of rotatable bonds is 1. The second-order valence-electron chi connectivity index (χ2n) is 14.6. The van der Waals surface area contributed by atoms with Gasteiger partial charge in [0.25, 0.3) is 0 Å². The van der Waals surface area contributed by atoms with Crippen molar-refractivity contribution in [1.29, 1.82) is 0 Å². The third kappa shape index (κ3) is 2.46. The highest BCUT2D eigenvalue weighted by atomic mass is 14.7. The van der Waals surface area contributed by atoms with Gasteiger partial charge in [-0.3, -0.25) is 0 Å².